The number of halogens is 2. The summed E-state index contributed by atoms with van der Waals surface area (Å²) in [7, 11) is 0. The molecule has 0 fully saturated rings. The van der Waals surface area contributed by atoms with Gasteiger partial charge in [-0.2, -0.15) is 0 Å². The van der Waals surface area contributed by atoms with Gasteiger partial charge in [-0.05, 0) is 24.1 Å². The smallest absolute Gasteiger partial charge is 0.240 e. The van der Waals surface area contributed by atoms with Crippen LogP contribution in [0.15, 0.2) is 18.2 Å². The van der Waals surface area contributed by atoms with Crippen LogP contribution in [0.5, 0.6) is 0 Å². The van der Waals surface area contributed by atoms with Gasteiger partial charge < -0.3 is 11.1 Å². The molecule has 0 saturated carbocycles. The van der Waals surface area contributed by atoms with E-state index in [-0.39, 0.29) is 11.6 Å². The second-order valence-corrected chi connectivity index (χ2v) is 4.33. The van der Waals surface area contributed by atoms with Crippen LogP contribution in [0.2, 0.25) is 5.02 Å². The highest BCUT2D eigenvalue weighted by Gasteiger charge is 2.20. The van der Waals surface area contributed by atoms with Crippen LogP contribution in [0, 0.1) is 11.7 Å². The number of hydrogen-bond donors (Lipinski definition) is 2. The Kier molecular flexibility index (Phi) is 4.12. The summed E-state index contributed by atoms with van der Waals surface area (Å²) in [6.45, 7) is 3.66. The van der Waals surface area contributed by atoms with Crippen molar-refractivity contribution >= 4 is 23.2 Å². The minimum Gasteiger partial charge on any atom is -0.371 e. The van der Waals surface area contributed by atoms with E-state index in [9.17, 15) is 9.18 Å². The fraction of sp³-hybridized carbons (Fsp3) is 0.364. The van der Waals surface area contributed by atoms with Gasteiger partial charge in [0.05, 0.1) is 5.69 Å². The van der Waals surface area contributed by atoms with Crippen LogP contribution in [0.25, 0.3) is 0 Å². The molecule has 0 aliphatic rings. The molecule has 0 saturated heterocycles. The van der Waals surface area contributed by atoms with Gasteiger partial charge in [0.1, 0.15) is 11.9 Å². The lowest BCUT2D eigenvalue weighted by Crippen LogP contribution is -2.39. The van der Waals surface area contributed by atoms with E-state index in [2.05, 4.69) is 5.32 Å². The third kappa shape index (κ3) is 3.10. The maximum Gasteiger partial charge on any atom is 0.240 e. The molecule has 1 aromatic carbocycles. The van der Waals surface area contributed by atoms with Crippen LogP contribution in [0.1, 0.15) is 13.8 Å². The highest BCUT2D eigenvalue weighted by molar-refractivity contribution is 6.30. The largest absolute Gasteiger partial charge is 0.371 e. The third-order valence-electron chi connectivity index (χ3n) is 2.22. The SMILES string of the molecule is CC(C)C(Nc1ccc(Cl)cc1F)C(N)=O. The van der Waals surface area contributed by atoms with Crippen LogP contribution in [0.3, 0.4) is 0 Å². The lowest BCUT2D eigenvalue weighted by atomic mass is 10.0. The molecule has 1 amide bonds. The molecule has 3 N–H and O–H groups in total. The average molecular weight is 245 g/mol. The monoisotopic (exact) mass is 244 g/mol. The van der Waals surface area contributed by atoms with Crippen molar-refractivity contribution in [2.45, 2.75) is 19.9 Å². The first-order valence-electron chi connectivity index (χ1n) is 4.92. The third-order valence-corrected chi connectivity index (χ3v) is 2.45. The number of nitrogens with one attached hydrogen (secondary N) is 1. The molecular formula is C11H14ClFN2O. The van der Waals surface area contributed by atoms with Crippen molar-refractivity contribution in [2.75, 3.05) is 5.32 Å². The first-order valence-corrected chi connectivity index (χ1v) is 5.30. The van der Waals surface area contributed by atoms with E-state index in [1.54, 1.807) is 6.07 Å². The number of rotatable bonds is 4. The normalized spacial score (nSPS) is 12.6. The molecule has 1 atom stereocenters. The summed E-state index contributed by atoms with van der Waals surface area (Å²) >= 11 is 5.62. The number of anilines is 1. The van der Waals surface area contributed by atoms with Crippen molar-refractivity contribution in [3.8, 4) is 0 Å². The van der Waals surface area contributed by atoms with Gasteiger partial charge in [-0.1, -0.05) is 25.4 Å². The second kappa shape index (κ2) is 5.16. The van der Waals surface area contributed by atoms with Gasteiger partial charge in [0.25, 0.3) is 0 Å². The first-order chi connectivity index (χ1) is 7.41. The van der Waals surface area contributed by atoms with Gasteiger partial charge in [0.2, 0.25) is 5.91 Å². The molecular weight excluding hydrogens is 231 g/mol. The Hall–Kier alpha value is -1.29. The number of carbonyl (C=O) groups excluding carboxylic acids is 1. The summed E-state index contributed by atoms with van der Waals surface area (Å²) in [5.41, 5.74) is 5.44. The maximum absolute atomic E-state index is 13.4. The van der Waals surface area contributed by atoms with Crippen LogP contribution >= 0.6 is 11.6 Å². The molecule has 0 heterocycles. The Morgan fingerprint density at radius 1 is 1.50 bits per heavy atom. The van der Waals surface area contributed by atoms with Gasteiger partial charge in [-0.3, -0.25) is 4.79 Å². The molecule has 1 rings (SSSR count). The first kappa shape index (κ1) is 12.8. The fourth-order valence-electron chi connectivity index (χ4n) is 1.34. The van der Waals surface area contributed by atoms with Crippen molar-refractivity contribution in [1.82, 2.24) is 0 Å². The summed E-state index contributed by atoms with van der Waals surface area (Å²) in [4.78, 5) is 11.1. The van der Waals surface area contributed by atoms with Crippen LogP contribution < -0.4 is 11.1 Å². The molecule has 0 radical (unpaired) electrons. The summed E-state index contributed by atoms with van der Waals surface area (Å²) in [6.07, 6.45) is 0. The lowest BCUT2D eigenvalue weighted by molar-refractivity contribution is -0.119. The summed E-state index contributed by atoms with van der Waals surface area (Å²) in [5, 5.41) is 3.07. The van der Waals surface area contributed by atoms with Gasteiger partial charge >= 0.3 is 0 Å². The van der Waals surface area contributed by atoms with Gasteiger partial charge in [0, 0.05) is 5.02 Å². The Morgan fingerprint density at radius 2 is 2.12 bits per heavy atom. The zero-order valence-electron chi connectivity index (χ0n) is 9.13. The van der Waals surface area contributed by atoms with Gasteiger partial charge in [-0.25, -0.2) is 4.39 Å². The molecule has 0 bridgehead atoms. The molecule has 0 spiro atoms. The molecule has 5 heteroatoms. The number of benzene rings is 1. The van der Waals surface area contributed by atoms with Crippen molar-refractivity contribution in [3.05, 3.63) is 29.0 Å². The molecule has 0 aliphatic heterocycles. The standard InChI is InChI=1S/C11H14ClFN2O/c1-6(2)10(11(14)16)15-9-4-3-7(12)5-8(9)13/h3-6,10,15H,1-2H3,(H2,14,16). The van der Waals surface area contributed by atoms with Crippen molar-refractivity contribution in [1.29, 1.82) is 0 Å². The van der Waals surface area contributed by atoms with E-state index >= 15 is 0 Å². The Morgan fingerprint density at radius 3 is 2.56 bits per heavy atom. The van der Waals surface area contributed by atoms with E-state index in [4.69, 9.17) is 17.3 Å². The predicted molar refractivity (Wildman–Crippen MR) is 62.9 cm³/mol. The summed E-state index contributed by atoms with van der Waals surface area (Å²) < 4.78 is 13.4. The highest BCUT2D eigenvalue weighted by Crippen LogP contribution is 2.20. The van der Waals surface area contributed by atoms with Crippen LogP contribution in [0.4, 0.5) is 10.1 Å². The van der Waals surface area contributed by atoms with Crippen molar-refractivity contribution in [3.63, 3.8) is 0 Å². The summed E-state index contributed by atoms with van der Waals surface area (Å²) in [5.74, 6) is -1.03. The molecule has 1 aromatic rings. The molecule has 3 nitrogen and oxygen atoms in total. The van der Waals surface area contributed by atoms with Gasteiger partial charge in [-0.15, -0.1) is 0 Å². The number of amides is 1. The lowest BCUT2D eigenvalue weighted by Gasteiger charge is -2.20. The van der Waals surface area contributed by atoms with E-state index in [1.807, 2.05) is 13.8 Å². The minimum absolute atomic E-state index is 0.0208. The zero-order chi connectivity index (χ0) is 12.3. The molecule has 0 aromatic heterocycles. The topological polar surface area (TPSA) is 55.1 Å². The maximum atomic E-state index is 13.4. The van der Waals surface area contributed by atoms with E-state index in [1.165, 1.54) is 12.1 Å². The minimum atomic E-state index is -0.601. The van der Waals surface area contributed by atoms with Crippen LogP contribution in [-0.2, 0) is 4.79 Å². The Labute approximate surface area is 98.8 Å². The summed E-state index contributed by atoms with van der Waals surface area (Å²) in [6, 6.07) is 3.61. The molecule has 88 valence electrons. The molecule has 0 aliphatic carbocycles. The van der Waals surface area contributed by atoms with Crippen LogP contribution in [-0.4, -0.2) is 11.9 Å². The number of carbonyl (C=O) groups is 1. The molecule has 1 unspecified atom stereocenters. The highest BCUT2D eigenvalue weighted by atomic mass is 35.5. The number of nitrogens with two attached hydrogens (primary N) is 1. The van der Waals surface area contributed by atoms with E-state index in [0.29, 0.717) is 5.02 Å². The molecule has 16 heavy (non-hydrogen) atoms. The predicted octanol–water partition coefficient (Wildman–Crippen LogP) is 2.40. The van der Waals surface area contributed by atoms with Crippen molar-refractivity contribution in [2.24, 2.45) is 11.7 Å². The Balaban J connectivity index is 2.90. The Bertz CT molecular complexity index is 396. The van der Waals surface area contributed by atoms with Crippen molar-refractivity contribution < 1.29 is 9.18 Å². The fourth-order valence-corrected chi connectivity index (χ4v) is 1.50. The van der Waals surface area contributed by atoms with E-state index < -0.39 is 17.8 Å². The zero-order valence-corrected chi connectivity index (χ0v) is 9.88. The quantitative estimate of drug-likeness (QED) is 0.855. The number of primary amides is 1. The van der Waals surface area contributed by atoms with Gasteiger partial charge in [0.15, 0.2) is 0 Å². The average Bonchev–Trinajstić information content (AvgIpc) is 2.15. The number of hydrogen-bond acceptors (Lipinski definition) is 2. The second-order valence-electron chi connectivity index (χ2n) is 3.89. The van der Waals surface area contributed by atoms with E-state index in [0.717, 1.165) is 0 Å².